The lowest BCUT2D eigenvalue weighted by Gasteiger charge is -2.29. The van der Waals surface area contributed by atoms with E-state index in [4.69, 9.17) is 0 Å². The van der Waals surface area contributed by atoms with Gasteiger partial charge < -0.3 is 20.6 Å². The third-order valence-electron chi connectivity index (χ3n) is 8.91. The molecule has 2 aliphatic heterocycles. The standard InChI is InChI=1S/C29H34FN5O8S/c1-4-17-12-29(17,27(39)33-44(42,43)18-9-10-18)32-25(37)22-11-16(13-34(22)26(38)15(3)31-23(36)5-2)24-19-7-6-8-21(30)20(19)14-35(24)28(40)41/h4-8,15-18,22,24H,1-2,9-14H2,3H3,(H,31,36)(H,32,37)(H,33,39)(H,40,41)/t15-,16-,17-,22+,24?,29-/m1/s1. The fraction of sp³-hybridized carbons (Fsp3) is 0.483. The molecule has 13 nitrogen and oxygen atoms in total. The summed E-state index contributed by atoms with van der Waals surface area (Å²) in [5, 5.41) is 14.4. The van der Waals surface area contributed by atoms with E-state index in [0.717, 1.165) is 11.0 Å². The highest BCUT2D eigenvalue weighted by atomic mass is 32.2. The van der Waals surface area contributed by atoms with E-state index in [2.05, 4.69) is 28.5 Å². The maximum atomic E-state index is 14.7. The third-order valence-corrected chi connectivity index (χ3v) is 10.7. The fourth-order valence-corrected chi connectivity index (χ4v) is 7.71. The van der Waals surface area contributed by atoms with Gasteiger partial charge in [0.1, 0.15) is 23.4 Å². The zero-order valence-electron chi connectivity index (χ0n) is 24.0. The molecule has 0 radical (unpaired) electrons. The second-order valence-electron chi connectivity index (χ2n) is 11.8. The van der Waals surface area contributed by atoms with E-state index < -0.39 is 86.3 Å². The number of carboxylic acid groups (broad SMARTS) is 1. The first-order chi connectivity index (χ1) is 20.7. The number of halogens is 1. The molecule has 6 atom stereocenters. The molecule has 4 N–H and O–H groups in total. The lowest BCUT2D eigenvalue weighted by Crippen LogP contribution is -2.58. The summed E-state index contributed by atoms with van der Waals surface area (Å²) in [6.45, 7) is 8.14. The smallest absolute Gasteiger partial charge is 0.408 e. The van der Waals surface area contributed by atoms with Gasteiger partial charge in [0, 0.05) is 23.9 Å². The molecule has 5 rings (SSSR count). The number of sulfonamides is 1. The number of benzene rings is 1. The molecule has 0 spiro atoms. The fourth-order valence-electron chi connectivity index (χ4n) is 6.34. The van der Waals surface area contributed by atoms with Gasteiger partial charge in [-0.2, -0.15) is 0 Å². The number of hydrogen-bond acceptors (Lipinski definition) is 7. The van der Waals surface area contributed by atoms with Gasteiger partial charge in [-0.05, 0) is 50.3 Å². The largest absolute Gasteiger partial charge is 0.465 e. The minimum absolute atomic E-state index is 0.0546. The molecule has 15 heteroatoms. The van der Waals surface area contributed by atoms with E-state index in [-0.39, 0.29) is 31.5 Å². The maximum absolute atomic E-state index is 14.7. The van der Waals surface area contributed by atoms with Gasteiger partial charge in [0.2, 0.25) is 27.7 Å². The summed E-state index contributed by atoms with van der Waals surface area (Å²) < 4.78 is 41.8. The van der Waals surface area contributed by atoms with E-state index >= 15 is 0 Å². The lowest BCUT2D eigenvalue weighted by atomic mass is 9.90. The molecule has 1 saturated heterocycles. The lowest BCUT2D eigenvalue weighted by molar-refractivity contribution is -0.141. The summed E-state index contributed by atoms with van der Waals surface area (Å²) in [5.74, 6) is -4.74. The van der Waals surface area contributed by atoms with Crippen molar-refractivity contribution in [1.82, 2.24) is 25.2 Å². The van der Waals surface area contributed by atoms with Gasteiger partial charge in [0.25, 0.3) is 5.91 Å². The Kier molecular flexibility index (Phi) is 8.03. The van der Waals surface area contributed by atoms with Gasteiger partial charge in [0.05, 0.1) is 17.8 Å². The molecular weight excluding hydrogens is 597 g/mol. The molecule has 236 valence electrons. The third kappa shape index (κ3) is 5.55. The van der Waals surface area contributed by atoms with Crippen LogP contribution in [0, 0.1) is 17.7 Å². The van der Waals surface area contributed by atoms with Crippen LogP contribution in [-0.2, 0) is 35.7 Å². The van der Waals surface area contributed by atoms with Crippen molar-refractivity contribution in [3.05, 3.63) is 60.5 Å². The summed E-state index contributed by atoms with van der Waals surface area (Å²) in [4.78, 5) is 67.2. The second-order valence-corrected chi connectivity index (χ2v) is 13.7. The topological polar surface area (TPSA) is 182 Å². The average molecular weight is 632 g/mol. The maximum Gasteiger partial charge on any atom is 0.408 e. The molecule has 5 amide bonds. The van der Waals surface area contributed by atoms with Gasteiger partial charge in [-0.25, -0.2) is 17.6 Å². The van der Waals surface area contributed by atoms with Crippen LogP contribution in [0.5, 0.6) is 0 Å². The quantitative estimate of drug-likeness (QED) is 0.217. The predicted octanol–water partition coefficient (Wildman–Crippen LogP) is 0.938. The number of carbonyl (C=O) groups is 5. The van der Waals surface area contributed by atoms with Crippen molar-refractivity contribution in [1.29, 1.82) is 0 Å². The monoisotopic (exact) mass is 631 g/mol. The molecule has 2 aliphatic carbocycles. The van der Waals surface area contributed by atoms with Crippen LogP contribution in [-0.4, -0.2) is 82.5 Å². The van der Waals surface area contributed by atoms with Crippen LogP contribution in [0.1, 0.15) is 49.8 Å². The van der Waals surface area contributed by atoms with Crippen molar-refractivity contribution >= 4 is 39.7 Å². The summed E-state index contributed by atoms with van der Waals surface area (Å²) >= 11 is 0. The zero-order chi connectivity index (χ0) is 32.1. The van der Waals surface area contributed by atoms with Crippen LogP contribution in [0.4, 0.5) is 9.18 Å². The van der Waals surface area contributed by atoms with Gasteiger partial charge in [0.15, 0.2) is 0 Å². The Labute approximate surface area is 253 Å². The molecule has 3 fully saturated rings. The SMILES string of the molecule is C=CC(=O)N[C@H](C)C(=O)N1C[C@H](C2c3cccc(F)c3CN2C(=O)O)C[C@H]1C(=O)N[C@]1(C(=O)NS(=O)(=O)C2CC2)C[C@H]1C=C. The predicted molar refractivity (Wildman–Crippen MR) is 153 cm³/mol. The number of nitrogens with zero attached hydrogens (tertiary/aromatic N) is 2. The van der Waals surface area contributed by atoms with E-state index in [0.29, 0.717) is 18.4 Å². The highest BCUT2D eigenvalue weighted by Crippen LogP contribution is 2.47. The molecule has 4 aliphatic rings. The zero-order valence-corrected chi connectivity index (χ0v) is 24.8. The second kappa shape index (κ2) is 11.3. The minimum Gasteiger partial charge on any atom is -0.465 e. The van der Waals surface area contributed by atoms with Gasteiger partial charge in [-0.3, -0.25) is 28.8 Å². The molecule has 2 saturated carbocycles. The molecule has 0 bridgehead atoms. The van der Waals surface area contributed by atoms with Crippen LogP contribution in [0.15, 0.2) is 43.5 Å². The first-order valence-corrected chi connectivity index (χ1v) is 15.8. The van der Waals surface area contributed by atoms with Crippen LogP contribution in [0.25, 0.3) is 0 Å². The number of nitrogens with one attached hydrogen (secondary N) is 3. The molecule has 1 unspecified atom stereocenters. The molecule has 1 aromatic carbocycles. The van der Waals surface area contributed by atoms with Gasteiger partial charge in [-0.1, -0.05) is 24.8 Å². The Morgan fingerprint density at radius 3 is 2.45 bits per heavy atom. The highest BCUT2D eigenvalue weighted by molar-refractivity contribution is 7.91. The van der Waals surface area contributed by atoms with E-state index in [1.807, 2.05) is 0 Å². The first kappa shape index (κ1) is 31.2. The first-order valence-electron chi connectivity index (χ1n) is 14.2. The Morgan fingerprint density at radius 2 is 1.86 bits per heavy atom. The molecule has 1 aromatic rings. The highest BCUT2D eigenvalue weighted by Gasteiger charge is 2.62. The van der Waals surface area contributed by atoms with Crippen molar-refractivity contribution in [3.63, 3.8) is 0 Å². The van der Waals surface area contributed by atoms with Crippen LogP contribution >= 0.6 is 0 Å². The molecular formula is C29H34FN5O8S. The number of carbonyl (C=O) groups excluding carboxylic acids is 4. The molecule has 0 aromatic heterocycles. The van der Waals surface area contributed by atoms with Gasteiger partial charge in [-0.15, -0.1) is 6.58 Å². The Hall–Kier alpha value is -4.27. The van der Waals surface area contributed by atoms with Crippen molar-refractivity contribution in [2.45, 2.75) is 68.1 Å². The number of hydrogen-bond donors (Lipinski definition) is 4. The van der Waals surface area contributed by atoms with Crippen LogP contribution in [0.3, 0.4) is 0 Å². The van der Waals surface area contributed by atoms with E-state index in [9.17, 15) is 41.9 Å². The van der Waals surface area contributed by atoms with Crippen LogP contribution in [0.2, 0.25) is 0 Å². The van der Waals surface area contributed by atoms with E-state index in [1.54, 1.807) is 6.07 Å². The Morgan fingerprint density at radius 1 is 1.16 bits per heavy atom. The van der Waals surface area contributed by atoms with Crippen molar-refractivity contribution in [3.8, 4) is 0 Å². The number of amides is 5. The van der Waals surface area contributed by atoms with Crippen molar-refractivity contribution in [2.24, 2.45) is 11.8 Å². The minimum atomic E-state index is -3.92. The number of fused-ring (bicyclic) bond motifs is 1. The number of likely N-dealkylation sites (tertiary alicyclic amines) is 1. The van der Waals surface area contributed by atoms with Crippen molar-refractivity contribution < 1.29 is 41.9 Å². The van der Waals surface area contributed by atoms with Crippen LogP contribution < -0.4 is 15.4 Å². The Balaban J connectivity index is 1.44. The normalized spacial score (nSPS) is 28.0. The summed E-state index contributed by atoms with van der Waals surface area (Å²) in [5.41, 5.74) is -0.975. The molecule has 44 heavy (non-hydrogen) atoms. The van der Waals surface area contributed by atoms with Crippen molar-refractivity contribution in [2.75, 3.05) is 6.54 Å². The number of rotatable bonds is 10. The average Bonchev–Trinajstić information content (AvgIpc) is 3.87. The summed E-state index contributed by atoms with van der Waals surface area (Å²) in [7, 11) is -3.92. The summed E-state index contributed by atoms with van der Waals surface area (Å²) in [6, 6.07) is 1.10. The summed E-state index contributed by atoms with van der Waals surface area (Å²) in [6.07, 6.45) is 2.00. The molecule has 2 heterocycles. The van der Waals surface area contributed by atoms with Gasteiger partial charge >= 0.3 is 6.09 Å². The van der Waals surface area contributed by atoms with E-state index in [1.165, 1.54) is 30.0 Å². The Bertz CT molecular complexity index is 1560.